The first kappa shape index (κ1) is 24.6. The van der Waals surface area contributed by atoms with E-state index in [9.17, 15) is 9.59 Å². The van der Waals surface area contributed by atoms with E-state index in [0.717, 1.165) is 53.0 Å². The van der Waals surface area contributed by atoms with Crippen LogP contribution in [-0.2, 0) is 15.1 Å². The van der Waals surface area contributed by atoms with E-state index in [-0.39, 0.29) is 5.91 Å². The molecule has 0 radical (unpaired) electrons. The molecule has 2 amide bonds. The first-order valence-electron chi connectivity index (χ1n) is 12.6. The summed E-state index contributed by atoms with van der Waals surface area (Å²) in [5, 5.41) is 5.96. The van der Waals surface area contributed by atoms with Gasteiger partial charge in [-0.2, -0.15) is 0 Å². The van der Waals surface area contributed by atoms with Gasteiger partial charge in [-0.05, 0) is 51.7 Å². The van der Waals surface area contributed by atoms with Gasteiger partial charge in [0.25, 0.3) is 0 Å². The Labute approximate surface area is 216 Å². The van der Waals surface area contributed by atoms with Crippen molar-refractivity contribution in [3.05, 3.63) is 78.5 Å². The zero-order valence-corrected chi connectivity index (χ0v) is 21.7. The number of carbonyl (C=O) groups excluding carboxylic acids is 2. The van der Waals surface area contributed by atoms with Crippen LogP contribution in [0.15, 0.2) is 72.9 Å². The summed E-state index contributed by atoms with van der Waals surface area (Å²) in [5.41, 5.74) is 5.39. The number of carbonyl (C=O) groups is 2. The minimum atomic E-state index is -0.546. The van der Waals surface area contributed by atoms with E-state index in [1.54, 1.807) is 0 Å². The maximum atomic E-state index is 12.6. The molecule has 0 bridgehead atoms. The summed E-state index contributed by atoms with van der Waals surface area (Å²) < 4.78 is 7.57. The number of benzene rings is 2. The molecule has 1 aliphatic rings. The predicted molar refractivity (Wildman–Crippen MR) is 145 cm³/mol. The molecule has 0 atom stereocenters. The molecule has 7 nitrogen and oxygen atoms in total. The number of nitrogens with one attached hydrogen (secondary N) is 2. The van der Waals surface area contributed by atoms with E-state index in [1.165, 1.54) is 6.92 Å². The molecule has 2 aromatic heterocycles. The molecule has 0 unspecified atom stereocenters. The molecule has 1 fully saturated rings. The highest BCUT2D eigenvalue weighted by Gasteiger charge is 2.41. The van der Waals surface area contributed by atoms with Crippen molar-refractivity contribution in [1.82, 2.24) is 14.7 Å². The third-order valence-electron chi connectivity index (χ3n) is 6.65. The fraction of sp³-hybridized carbons (Fsp3) is 0.300. The molecule has 2 aromatic carbocycles. The Morgan fingerprint density at radius 1 is 0.973 bits per heavy atom. The summed E-state index contributed by atoms with van der Waals surface area (Å²) in [6.45, 7) is 7.10. The summed E-state index contributed by atoms with van der Waals surface area (Å²) >= 11 is 0. The van der Waals surface area contributed by atoms with Crippen molar-refractivity contribution < 1.29 is 14.3 Å². The molecule has 0 saturated heterocycles. The van der Waals surface area contributed by atoms with Crippen LogP contribution in [0.2, 0.25) is 0 Å². The number of hydrogen-bond acceptors (Lipinski definition) is 4. The number of imidazole rings is 1. The maximum Gasteiger partial charge on any atom is 0.408 e. The van der Waals surface area contributed by atoms with Crippen LogP contribution in [0, 0.1) is 0 Å². The molecule has 0 aliphatic heterocycles. The molecule has 4 aromatic rings. The number of nitrogens with zero attached hydrogens (tertiary/aromatic N) is 2. The Bertz CT molecular complexity index is 1450. The number of ether oxygens (including phenoxy) is 1. The second-order valence-electron chi connectivity index (χ2n) is 10.6. The van der Waals surface area contributed by atoms with E-state index in [1.807, 2.05) is 61.7 Å². The molecule has 37 heavy (non-hydrogen) atoms. The number of fused-ring (bicyclic) bond motifs is 1. The first-order valence-corrected chi connectivity index (χ1v) is 12.6. The van der Waals surface area contributed by atoms with Crippen LogP contribution in [0.5, 0.6) is 0 Å². The average Bonchev–Trinajstić information content (AvgIpc) is 3.19. The number of pyridine rings is 1. The number of rotatable bonds is 5. The SMILES string of the molecule is CC(=O)Nc1ccn2c(-c3ccccc3)c(-c3ccc(C4(NC(=O)OC(C)(C)C)CCC4)cc3)nc2c1. The van der Waals surface area contributed by atoms with Crippen molar-refractivity contribution in [2.45, 2.75) is 58.1 Å². The average molecular weight is 497 g/mol. The highest BCUT2D eigenvalue weighted by Crippen LogP contribution is 2.42. The molecule has 7 heteroatoms. The molecule has 0 spiro atoms. The van der Waals surface area contributed by atoms with Crippen molar-refractivity contribution in [3.8, 4) is 22.5 Å². The molecule has 2 heterocycles. The van der Waals surface area contributed by atoms with Gasteiger partial charge in [-0.1, -0.05) is 54.6 Å². The molecule has 190 valence electrons. The quantitative estimate of drug-likeness (QED) is 0.329. The third-order valence-corrected chi connectivity index (χ3v) is 6.65. The molecule has 5 rings (SSSR count). The van der Waals surface area contributed by atoms with Crippen molar-refractivity contribution in [1.29, 1.82) is 0 Å². The monoisotopic (exact) mass is 496 g/mol. The Morgan fingerprint density at radius 3 is 2.27 bits per heavy atom. The largest absolute Gasteiger partial charge is 0.444 e. The second-order valence-corrected chi connectivity index (χ2v) is 10.6. The zero-order chi connectivity index (χ0) is 26.2. The predicted octanol–water partition coefficient (Wildman–Crippen LogP) is 6.53. The fourth-order valence-corrected chi connectivity index (χ4v) is 4.86. The van der Waals surface area contributed by atoms with Gasteiger partial charge in [0.2, 0.25) is 5.91 Å². The van der Waals surface area contributed by atoms with Gasteiger partial charge in [0, 0.05) is 36.0 Å². The Morgan fingerprint density at radius 2 is 1.68 bits per heavy atom. The third kappa shape index (κ3) is 5.07. The van der Waals surface area contributed by atoms with Crippen molar-refractivity contribution in [2.24, 2.45) is 0 Å². The van der Waals surface area contributed by atoms with Gasteiger partial charge >= 0.3 is 6.09 Å². The van der Waals surface area contributed by atoms with Crippen molar-refractivity contribution in [2.75, 3.05) is 5.32 Å². The van der Waals surface area contributed by atoms with Gasteiger partial charge in [-0.15, -0.1) is 0 Å². The lowest BCUT2D eigenvalue weighted by Gasteiger charge is -2.43. The van der Waals surface area contributed by atoms with E-state index in [4.69, 9.17) is 9.72 Å². The van der Waals surface area contributed by atoms with Gasteiger partial charge in [0.15, 0.2) is 0 Å². The lowest BCUT2D eigenvalue weighted by molar-refractivity contribution is -0.114. The van der Waals surface area contributed by atoms with E-state index in [2.05, 4.69) is 47.0 Å². The van der Waals surface area contributed by atoms with Crippen LogP contribution in [0.4, 0.5) is 10.5 Å². The molecular weight excluding hydrogens is 464 g/mol. The Hall–Kier alpha value is -4.13. The standard InChI is InChI=1S/C30H32N4O3/c1-20(35)31-24-15-18-34-25(19-24)32-26(27(34)22-9-6-5-7-10-22)21-11-13-23(14-12-21)30(16-8-17-30)33-28(36)37-29(2,3)4/h5-7,9-15,18-19H,8,16-17H2,1-4H3,(H,31,35)(H,33,36). The lowest BCUT2D eigenvalue weighted by atomic mass is 9.71. The Kier molecular flexibility index (Phi) is 6.23. The van der Waals surface area contributed by atoms with Crippen LogP contribution in [0.1, 0.15) is 52.5 Å². The van der Waals surface area contributed by atoms with Crippen LogP contribution < -0.4 is 10.6 Å². The fourth-order valence-electron chi connectivity index (χ4n) is 4.86. The molecule has 2 N–H and O–H groups in total. The summed E-state index contributed by atoms with van der Waals surface area (Å²) in [6.07, 6.45) is 4.35. The van der Waals surface area contributed by atoms with Crippen LogP contribution >= 0.6 is 0 Å². The number of alkyl carbamates (subject to hydrolysis) is 1. The summed E-state index contributed by atoms with van der Waals surface area (Å²) in [7, 11) is 0. The van der Waals surface area contributed by atoms with Crippen LogP contribution in [0.3, 0.4) is 0 Å². The number of amides is 2. The summed E-state index contributed by atoms with van der Waals surface area (Å²) in [5.74, 6) is -0.125. The van der Waals surface area contributed by atoms with Crippen molar-refractivity contribution >= 4 is 23.3 Å². The number of anilines is 1. The minimum absolute atomic E-state index is 0.125. The van der Waals surface area contributed by atoms with E-state index in [0.29, 0.717) is 5.69 Å². The smallest absolute Gasteiger partial charge is 0.408 e. The van der Waals surface area contributed by atoms with Gasteiger partial charge < -0.3 is 15.4 Å². The molecule has 1 aliphatic carbocycles. The van der Waals surface area contributed by atoms with Crippen molar-refractivity contribution in [3.63, 3.8) is 0 Å². The highest BCUT2D eigenvalue weighted by molar-refractivity contribution is 5.90. The van der Waals surface area contributed by atoms with E-state index < -0.39 is 17.2 Å². The first-order chi connectivity index (χ1) is 17.6. The van der Waals surface area contributed by atoms with Crippen LogP contribution in [-0.4, -0.2) is 27.0 Å². The minimum Gasteiger partial charge on any atom is -0.444 e. The summed E-state index contributed by atoms with van der Waals surface area (Å²) in [4.78, 5) is 29.1. The highest BCUT2D eigenvalue weighted by atomic mass is 16.6. The lowest BCUT2D eigenvalue weighted by Crippen LogP contribution is -2.52. The molecular formula is C30H32N4O3. The maximum absolute atomic E-state index is 12.6. The van der Waals surface area contributed by atoms with Gasteiger partial charge in [0.1, 0.15) is 11.2 Å². The summed E-state index contributed by atoms with van der Waals surface area (Å²) in [6, 6.07) is 22.2. The van der Waals surface area contributed by atoms with Gasteiger partial charge in [0.05, 0.1) is 16.9 Å². The van der Waals surface area contributed by atoms with E-state index >= 15 is 0 Å². The number of aromatic nitrogens is 2. The van der Waals surface area contributed by atoms with Gasteiger partial charge in [-0.3, -0.25) is 9.20 Å². The van der Waals surface area contributed by atoms with Crippen LogP contribution in [0.25, 0.3) is 28.2 Å². The second kappa shape index (κ2) is 9.39. The number of hydrogen-bond donors (Lipinski definition) is 2. The topological polar surface area (TPSA) is 84.7 Å². The normalized spacial score (nSPS) is 14.6. The zero-order valence-electron chi connectivity index (χ0n) is 21.7. The Balaban J connectivity index is 1.52. The van der Waals surface area contributed by atoms with Gasteiger partial charge in [-0.25, -0.2) is 9.78 Å². The molecule has 1 saturated carbocycles.